The number of hydrogen-bond donors (Lipinski definition) is 1. The molecule has 0 unspecified atom stereocenters. The Hall–Kier alpha value is -1.76. The average molecular weight is 383 g/mol. The molecule has 1 aromatic heterocycles. The number of benzene rings is 1. The molecule has 0 spiro atoms. The summed E-state index contributed by atoms with van der Waals surface area (Å²) in [4.78, 5) is 10.4. The third-order valence-corrected chi connectivity index (χ3v) is 5.99. The fourth-order valence-corrected chi connectivity index (χ4v) is 5.03. The van der Waals surface area contributed by atoms with Crippen LogP contribution in [0, 0.1) is 10.1 Å². The van der Waals surface area contributed by atoms with Gasteiger partial charge in [-0.3, -0.25) is 14.8 Å². The lowest BCUT2D eigenvalue weighted by molar-refractivity contribution is -0.383. The summed E-state index contributed by atoms with van der Waals surface area (Å²) in [7, 11) is -6.86. The van der Waals surface area contributed by atoms with Crippen molar-refractivity contribution in [2.75, 3.05) is 6.26 Å². The first kappa shape index (κ1) is 17.6. The molecule has 1 N–H and O–H groups in total. The van der Waals surface area contributed by atoms with Crippen molar-refractivity contribution in [3.8, 4) is 0 Å². The Morgan fingerprint density at radius 2 is 1.96 bits per heavy atom. The highest BCUT2D eigenvalue weighted by Crippen LogP contribution is 2.33. The molecule has 0 fully saturated rings. The summed E-state index contributed by atoms with van der Waals surface area (Å²) in [5.74, 6) is -0.793. The summed E-state index contributed by atoms with van der Waals surface area (Å²) in [5.41, 5.74) is -0.335. The Morgan fingerprint density at radius 1 is 1.35 bits per heavy atom. The maximum atomic E-state index is 11.9. The van der Waals surface area contributed by atoms with Gasteiger partial charge in [-0.2, -0.15) is 5.10 Å². The largest absolute Gasteiger partial charge is 0.295 e. The second-order valence-electron chi connectivity index (χ2n) is 4.73. The zero-order chi connectivity index (χ0) is 17.6. The molecule has 2 rings (SSSR count). The van der Waals surface area contributed by atoms with Gasteiger partial charge in [0.15, 0.2) is 0 Å². The summed E-state index contributed by atoms with van der Waals surface area (Å²) in [6.07, 6.45) is 0.693. The van der Waals surface area contributed by atoms with Crippen molar-refractivity contribution in [2.45, 2.75) is 5.75 Å². The van der Waals surface area contributed by atoms with Crippen LogP contribution in [0.25, 0.3) is 10.9 Å². The number of rotatable bonds is 5. The van der Waals surface area contributed by atoms with Crippen LogP contribution in [0.2, 0.25) is 5.02 Å². The molecular weight excluding hydrogens is 372 g/mol. The number of aryl methyl sites for hydroxylation is 1. The quantitative estimate of drug-likeness (QED) is 0.586. The van der Waals surface area contributed by atoms with Gasteiger partial charge in [0.25, 0.3) is 5.69 Å². The Kier molecular flexibility index (Phi) is 4.36. The molecule has 0 aliphatic rings. The highest BCUT2D eigenvalue weighted by Gasteiger charge is 2.26. The Morgan fingerprint density at radius 3 is 2.48 bits per heavy atom. The van der Waals surface area contributed by atoms with Gasteiger partial charge >= 0.3 is 0 Å². The topological polar surface area (TPSA) is 141 Å². The number of hydrogen-bond acceptors (Lipinski definition) is 7. The van der Waals surface area contributed by atoms with Crippen LogP contribution in [0.5, 0.6) is 0 Å². The number of nitrogens with one attached hydrogen (secondary N) is 1. The van der Waals surface area contributed by atoms with E-state index < -0.39 is 30.7 Å². The highest BCUT2D eigenvalue weighted by molar-refractivity contribution is 8.04. The molecule has 23 heavy (non-hydrogen) atoms. The van der Waals surface area contributed by atoms with Gasteiger partial charge in [0.05, 0.1) is 21.9 Å². The maximum Gasteiger partial charge on any atom is 0.295 e. The minimum atomic E-state index is -4.26. The molecular formula is C10H11ClN4O6S2. The summed E-state index contributed by atoms with van der Waals surface area (Å²) in [6, 6.07) is 2.43. The van der Waals surface area contributed by atoms with Crippen LogP contribution in [0.15, 0.2) is 12.1 Å². The Labute approximate surface area is 136 Å². The van der Waals surface area contributed by atoms with Gasteiger partial charge in [-0.25, -0.2) is 16.8 Å². The van der Waals surface area contributed by atoms with Gasteiger partial charge in [-0.05, 0) is 6.07 Å². The third-order valence-electron chi connectivity index (χ3n) is 2.79. The van der Waals surface area contributed by atoms with Gasteiger partial charge in [0.1, 0.15) is 11.3 Å². The standard InChI is InChI=1S/C10H11ClN4O6S2/c1-14-10-8(15(16)17)4-3-6(11)9(10)7(12-14)5-23(20,21)13-22(2,18)19/h3-4,13H,5H2,1-2H3. The van der Waals surface area contributed by atoms with Crippen LogP contribution < -0.4 is 4.13 Å². The highest BCUT2D eigenvalue weighted by atomic mass is 35.5. The van der Waals surface area contributed by atoms with Crippen molar-refractivity contribution < 1.29 is 21.8 Å². The van der Waals surface area contributed by atoms with E-state index in [-0.39, 0.29) is 27.3 Å². The first-order valence-electron chi connectivity index (χ1n) is 5.91. The van der Waals surface area contributed by atoms with Crippen LogP contribution >= 0.6 is 11.6 Å². The number of sulfonamides is 2. The SMILES string of the molecule is Cn1nc(CS(=O)(=O)NS(C)(=O)=O)c2c(Cl)ccc([N+](=O)[O-])c21. The molecule has 0 saturated carbocycles. The summed E-state index contributed by atoms with van der Waals surface area (Å²) >= 11 is 6.00. The van der Waals surface area contributed by atoms with Crippen LogP contribution in [0.4, 0.5) is 5.69 Å². The van der Waals surface area contributed by atoms with Crippen molar-refractivity contribution in [3.05, 3.63) is 33.0 Å². The number of fused-ring (bicyclic) bond motifs is 1. The molecule has 10 nitrogen and oxygen atoms in total. The second kappa shape index (κ2) is 5.70. The molecule has 0 atom stereocenters. The lowest BCUT2D eigenvalue weighted by Crippen LogP contribution is -2.30. The average Bonchev–Trinajstić information content (AvgIpc) is 2.63. The van der Waals surface area contributed by atoms with E-state index in [0.29, 0.717) is 6.26 Å². The van der Waals surface area contributed by atoms with E-state index in [4.69, 9.17) is 11.6 Å². The van der Waals surface area contributed by atoms with E-state index >= 15 is 0 Å². The van der Waals surface area contributed by atoms with Crippen molar-refractivity contribution in [1.29, 1.82) is 0 Å². The van der Waals surface area contributed by atoms with Crippen LogP contribution in [-0.4, -0.2) is 37.8 Å². The van der Waals surface area contributed by atoms with Crippen LogP contribution in [0.3, 0.4) is 0 Å². The molecule has 2 aromatic rings. The van der Waals surface area contributed by atoms with Crippen LogP contribution in [0.1, 0.15) is 5.69 Å². The predicted molar refractivity (Wildman–Crippen MR) is 83.0 cm³/mol. The lowest BCUT2D eigenvalue weighted by atomic mass is 10.2. The Bertz CT molecular complexity index is 1010. The second-order valence-corrected chi connectivity index (χ2v) is 8.87. The van der Waals surface area contributed by atoms with Crippen molar-refractivity contribution in [2.24, 2.45) is 7.05 Å². The molecule has 0 saturated heterocycles. The number of aromatic nitrogens is 2. The third kappa shape index (κ3) is 3.77. The zero-order valence-corrected chi connectivity index (χ0v) is 14.2. The lowest BCUT2D eigenvalue weighted by Gasteiger charge is -2.03. The molecule has 1 heterocycles. The van der Waals surface area contributed by atoms with E-state index in [1.165, 1.54) is 23.3 Å². The summed E-state index contributed by atoms with van der Waals surface area (Å²) in [6.45, 7) is 0. The predicted octanol–water partition coefficient (Wildman–Crippen LogP) is 0.514. The van der Waals surface area contributed by atoms with Gasteiger partial charge in [0, 0.05) is 18.5 Å². The molecule has 0 bridgehead atoms. The minimum absolute atomic E-state index is 0.0482. The minimum Gasteiger partial charge on any atom is -0.261 e. The van der Waals surface area contributed by atoms with E-state index in [9.17, 15) is 26.9 Å². The molecule has 0 radical (unpaired) electrons. The van der Waals surface area contributed by atoms with Crippen molar-refractivity contribution in [3.63, 3.8) is 0 Å². The van der Waals surface area contributed by atoms with E-state index in [2.05, 4.69) is 5.10 Å². The maximum absolute atomic E-state index is 11.9. The van der Waals surface area contributed by atoms with Crippen molar-refractivity contribution in [1.82, 2.24) is 13.9 Å². The molecule has 0 aliphatic heterocycles. The van der Waals surface area contributed by atoms with Gasteiger partial charge in [-0.1, -0.05) is 11.6 Å². The smallest absolute Gasteiger partial charge is 0.261 e. The molecule has 13 heteroatoms. The van der Waals surface area contributed by atoms with Gasteiger partial charge in [-0.15, -0.1) is 4.13 Å². The molecule has 1 aromatic carbocycles. The summed E-state index contributed by atoms with van der Waals surface area (Å²) < 4.78 is 48.6. The van der Waals surface area contributed by atoms with E-state index in [1.54, 1.807) is 0 Å². The van der Waals surface area contributed by atoms with Crippen LogP contribution in [-0.2, 0) is 32.8 Å². The number of non-ortho nitro benzene ring substituents is 1. The van der Waals surface area contributed by atoms with E-state index in [1.807, 2.05) is 0 Å². The number of halogens is 1. The fourth-order valence-electron chi connectivity index (χ4n) is 2.13. The monoisotopic (exact) mass is 382 g/mol. The van der Waals surface area contributed by atoms with Crippen molar-refractivity contribution >= 4 is 48.2 Å². The zero-order valence-electron chi connectivity index (χ0n) is 11.8. The van der Waals surface area contributed by atoms with E-state index in [0.717, 1.165) is 4.68 Å². The molecule has 126 valence electrons. The number of nitro benzene ring substituents is 1. The van der Waals surface area contributed by atoms with Gasteiger partial charge < -0.3 is 0 Å². The van der Waals surface area contributed by atoms with Gasteiger partial charge in [0.2, 0.25) is 20.0 Å². The Balaban J connectivity index is 2.64. The summed E-state index contributed by atoms with van der Waals surface area (Å²) in [5, 5.41) is 15.2. The fraction of sp³-hybridized carbons (Fsp3) is 0.300. The first-order valence-corrected chi connectivity index (χ1v) is 9.83. The number of nitrogens with zero attached hydrogens (tertiary/aromatic N) is 3. The molecule has 0 amide bonds. The normalized spacial score (nSPS) is 12.7. The first-order chi connectivity index (χ1) is 10.4. The molecule has 0 aliphatic carbocycles. The number of nitro groups is 1.